The second kappa shape index (κ2) is 6.70. The molecule has 3 aromatic heterocycles. The molecule has 9 heteroatoms. The number of nitrogens with zero attached hydrogens (tertiary/aromatic N) is 4. The first kappa shape index (κ1) is 18.9. The number of carbonyl (C=O) groups is 1. The van der Waals surface area contributed by atoms with E-state index in [0.29, 0.717) is 24.4 Å². The number of pyridine rings is 1. The third-order valence-electron chi connectivity index (χ3n) is 3.93. The van der Waals surface area contributed by atoms with Crippen LogP contribution >= 0.6 is 27.3 Å². The molecular formula is C17H22BrN5O2S. The summed E-state index contributed by atoms with van der Waals surface area (Å²) in [5, 5.41) is 0. The molecule has 26 heavy (non-hydrogen) atoms. The van der Waals surface area contributed by atoms with Gasteiger partial charge in [0.1, 0.15) is 16.9 Å². The van der Waals surface area contributed by atoms with Gasteiger partial charge in [0.2, 0.25) is 0 Å². The quantitative estimate of drug-likeness (QED) is 0.657. The topological polar surface area (TPSA) is 86.3 Å². The van der Waals surface area contributed by atoms with Crippen LogP contribution in [-0.2, 0) is 18.3 Å². The number of rotatable bonds is 3. The summed E-state index contributed by atoms with van der Waals surface area (Å²) in [7, 11) is 1.93. The van der Waals surface area contributed by atoms with Gasteiger partial charge < -0.3 is 19.9 Å². The number of ether oxygens (including phenoxy) is 1. The molecule has 3 aromatic rings. The standard InChI is InChI=1S/C17H22BrN5O2S/c1-6-23(16(24)25-17(2,3)4)8-11-21-12-13(22(11)5)14-9(20-15(12)19)7-10(18)26-14/h7H,6,8H2,1-5H3,(H2,19,20). The van der Waals surface area contributed by atoms with Crippen molar-refractivity contribution in [3.05, 3.63) is 15.7 Å². The summed E-state index contributed by atoms with van der Waals surface area (Å²) in [5.41, 5.74) is 8.00. The van der Waals surface area contributed by atoms with Gasteiger partial charge in [-0.1, -0.05) is 0 Å². The van der Waals surface area contributed by atoms with Crippen LogP contribution in [0.25, 0.3) is 21.3 Å². The van der Waals surface area contributed by atoms with Crippen LogP contribution in [0.3, 0.4) is 0 Å². The summed E-state index contributed by atoms with van der Waals surface area (Å²) in [5.74, 6) is 1.12. The highest BCUT2D eigenvalue weighted by molar-refractivity contribution is 9.11. The highest BCUT2D eigenvalue weighted by Crippen LogP contribution is 2.36. The summed E-state index contributed by atoms with van der Waals surface area (Å²) >= 11 is 5.09. The number of carbonyl (C=O) groups excluding carboxylic acids is 1. The number of nitrogen functional groups attached to an aromatic ring is 1. The van der Waals surface area contributed by atoms with Gasteiger partial charge in [0, 0.05) is 13.6 Å². The molecule has 140 valence electrons. The summed E-state index contributed by atoms with van der Waals surface area (Å²) in [6.45, 7) is 8.33. The molecule has 0 radical (unpaired) electrons. The Morgan fingerprint density at radius 2 is 2.12 bits per heavy atom. The van der Waals surface area contributed by atoms with Crippen LogP contribution in [0.15, 0.2) is 9.85 Å². The largest absolute Gasteiger partial charge is 0.444 e. The van der Waals surface area contributed by atoms with Crippen molar-refractivity contribution < 1.29 is 9.53 Å². The van der Waals surface area contributed by atoms with Crippen LogP contribution in [0.5, 0.6) is 0 Å². The Morgan fingerprint density at radius 3 is 2.73 bits per heavy atom. The first-order valence-corrected chi connectivity index (χ1v) is 9.89. The Hall–Kier alpha value is -1.87. The van der Waals surface area contributed by atoms with Crippen molar-refractivity contribution in [2.24, 2.45) is 7.05 Å². The van der Waals surface area contributed by atoms with E-state index in [0.717, 1.165) is 25.3 Å². The van der Waals surface area contributed by atoms with Crippen LogP contribution < -0.4 is 5.73 Å². The maximum atomic E-state index is 12.4. The van der Waals surface area contributed by atoms with Crippen LogP contribution in [0.1, 0.15) is 33.5 Å². The Balaban J connectivity index is 2.03. The average Bonchev–Trinajstić information content (AvgIpc) is 3.03. The molecule has 3 heterocycles. The van der Waals surface area contributed by atoms with Crippen LogP contribution in [0.2, 0.25) is 0 Å². The zero-order valence-corrected chi connectivity index (χ0v) is 17.9. The van der Waals surface area contributed by atoms with E-state index < -0.39 is 5.60 Å². The summed E-state index contributed by atoms with van der Waals surface area (Å²) in [4.78, 5) is 23.1. The normalized spacial score (nSPS) is 12.1. The van der Waals surface area contributed by atoms with Crippen LogP contribution in [0.4, 0.5) is 10.6 Å². The van der Waals surface area contributed by atoms with Crippen molar-refractivity contribution in [1.82, 2.24) is 19.4 Å². The van der Waals surface area contributed by atoms with Crippen molar-refractivity contribution >= 4 is 60.4 Å². The number of aryl methyl sites for hydroxylation is 1. The second-order valence-electron chi connectivity index (χ2n) is 7.04. The molecule has 0 saturated carbocycles. The molecular weight excluding hydrogens is 418 g/mol. The molecule has 0 saturated heterocycles. The van der Waals surface area contributed by atoms with E-state index in [4.69, 9.17) is 10.5 Å². The van der Waals surface area contributed by atoms with Gasteiger partial charge in [-0.15, -0.1) is 11.3 Å². The lowest BCUT2D eigenvalue weighted by molar-refractivity contribution is 0.0238. The lowest BCUT2D eigenvalue weighted by Gasteiger charge is -2.26. The van der Waals surface area contributed by atoms with Crippen molar-refractivity contribution in [3.63, 3.8) is 0 Å². The lowest BCUT2D eigenvalue weighted by atomic mass is 10.2. The summed E-state index contributed by atoms with van der Waals surface area (Å²) < 4.78 is 9.46. The molecule has 0 aliphatic rings. The predicted molar refractivity (Wildman–Crippen MR) is 108 cm³/mol. The van der Waals surface area contributed by atoms with E-state index in [9.17, 15) is 4.79 Å². The Bertz CT molecular complexity index is 989. The Morgan fingerprint density at radius 1 is 1.42 bits per heavy atom. The number of fused-ring (bicyclic) bond motifs is 3. The van der Waals surface area contributed by atoms with Crippen molar-refractivity contribution in [2.45, 2.75) is 39.8 Å². The molecule has 3 rings (SSSR count). The van der Waals surface area contributed by atoms with E-state index in [1.54, 1.807) is 16.2 Å². The van der Waals surface area contributed by atoms with Crippen molar-refractivity contribution in [3.8, 4) is 0 Å². The molecule has 2 N–H and O–H groups in total. The van der Waals surface area contributed by atoms with Gasteiger partial charge in [-0.25, -0.2) is 14.8 Å². The molecule has 0 bridgehead atoms. The van der Waals surface area contributed by atoms with Gasteiger partial charge >= 0.3 is 6.09 Å². The fourth-order valence-corrected chi connectivity index (χ4v) is 4.32. The lowest BCUT2D eigenvalue weighted by Crippen LogP contribution is -2.36. The number of anilines is 1. The first-order chi connectivity index (χ1) is 12.1. The van der Waals surface area contributed by atoms with Gasteiger partial charge in [0.15, 0.2) is 5.82 Å². The zero-order valence-electron chi connectivity index (χ0n) is 15.5. The van der Waals surface area contributed by atoms with E-state index in [-0.39, 0.29) is 6.09 Å². The number of amides is 1. The maximum Gasteiger partial charge on any atom is 0.410 e. The smallest absolute Gasteiger partial charge is 0.410 e. The van der Waals surface area contributed by atoms with E-state index >= 15 is 0 Å². The average molecular weight is 440 g/mol. The highest BCUT2D eigenvalue weighted by atomic mass is 79.9. The third-order valence-corrected chi connectivity index (χ3v) is 5.57. The first-order valence-electron chi connectivity index (χ1n) is 8.28. The molecule has 0 aliphatic heterocycles. The fraction of sp³-hybridized carbons (Fsp3) is 0.471. The molecule has 1 amide bonds. The van der Waals surface area contributed by atoms with Gasteiger partial charge in [0.05, 0.1) is 26.1 Å². The SMILES string of the molecule is CCN(Cc1nc2c(N)nc3cc(Br)sc3c2n1C)C(=O)OC(C)(C)C. The summed E-state index contributed by atoms with van der Waals surface area (Å²) in [6.07, 6.45) is -0.359. The number of hydrogen-bond acceptors (Lipinski definition) is 6. The minimum Gasteiger partial charge on any atom is -0.444 e. The van der Waals surface area contributed by atoms with E-state index in [1.807, 2.05) is 45.4 Å². The van der Waals surface area contributed by atoms with Gasteiger partial charge in [-0.2, -0.15) is 0 Å². The van der Waals surface area contributed by atoms with Crippen LogP contribution in [0, 0.1) is 0 Å². The Kier molecular flexibility index (Phi) is 4.87. The molecule has 0 atom stereocenters. The maximum absolute atomic E-state index is 12.4. The number of aromatic nitrogens is 3. The summed E-state index contributed by atoms with van der Waals surface area (Å²) in [6, 6.07) is 1.95. The molecule has 0 aromatic carbocycles. The zero-order chi connectivity index (χ0) is 19.2. The molecule has 0 unspecified atom stereocenters. The molecule has 0 fully saturated rings. The number of halogens is 1. The highest BCUT2D eigenvalue weighted by Gasteiger charge is 2.24. The number of imidazole rings is 1. The molecule has 0 aliphatic carbocycles. The van der Waals surface area contributed by atoms with Crippen molar-refractivity contribution in [2.75, 3.05) is 12.3 Å². The Labute approximate surface area is 164 Å². The second-order valence-corrected chi connectivity index (χ2v) is 9.47. The number of hydrogen-bond donors (Lipinski definition) is 1. The van der Waals surface area contributed by atoms with E-state index in [2.05, 4.69) is 25.9 Å². The number of nitrogens with two attached hydrogens (primary N) is 1. The third kappa shape index (κ3) is 3.50. The number of thiophene rings is 1. The van der Waals surface area contributed by atoms with Crippen molar-refractivity contribution in [1.29, 1.82) is 0 Å². The predicted octanol–water partition coefficient (Wildman–Crippen LogP) is 4.28. The minimum atomic E-state index is -0.541. The molecule has 7 nitrogen and oxygen atoms in total. The van der Waals surface area contributed by atoms with Gasteiger partial charge in [-0.3, -0.25) is 0 Å². The minimum absolute atomic E-state index is 0.337. The fourth-order valence-electron chi connectivity index (χ4n) is 2.72. The molecule has 0 spiro atoms. The van der Waals surface area contributed by atoms with Gasteiger partial charge in [0.25, 0.3) is 0 Å². The van der Waals surface area contributed by atoms with E-state index in [1.165, 1.54) is 0 Å². The van der Waals surface area contributed by atoms with Gasteiger partial charge in [-0.05, 0) is 49.7 Å². The monoisotopic (exact) mass is 439 g/mol. The van der Waals surface area contributed by atoms with Crippen LogP contribution in [-0.4, -0.2) is 37.7 Å².